The fourth-order valence-electron chi connectivity index (χ4n) is 1.99. The van der Waals surface area contributed by atoms with Gasteiger partial charge in [-0.25, -0.2) is 4.98 Å². The summed E-state index contributed by atoms with van der Waals surface area (Å²) in [5.74, 6) is 2.31. The van der Waals surface area contributed by atoms with Crippen LogP contribution < -0.4 is 4.74 Å². The van der Waals surface area contributed by atoms with E-state index in [4.69, 9.17) is 16.3 Å². The van der Waals surface area contributed by atoms with Gasteiger partial charge in [-0.3, -0.25) is 5.10 Å². The van der Waals surface area contributed by atoms with Crippen molar-refractivity contribution in [1.82, 2.24) is 15.2 Å². The molecule has 0 aliphatic rings. The van der Waals surface area contributed by atoms with Crippen molar-refractivity contribution in [2.45, 2.75) is 24.4 Å². The highest BCUT2D eigenvalue weighted by atomic mass is 35.5. The molecule has 0 saturated carbocycles. The van der Waals surface area contributed by atoms with Crippen molar-refractivity contribution >= 4 is 23.4 Å². The van der Waals surface area contributed by atoms with Crippen LogP contribution in [0, 0.1) is 6.92 Å². The number of aryl methyl sites for hydroxylation is 1. The number of ether oxygens (including phenoxy) is 1. The second-order valence-corrected chi connectivity index (χ2v) is 6.39. The van der Waals surface area contributed by atoms with Crippen LogP contribution >= 0.6 is 23.4 Å². The van der Waals surface area contributed by atoms with E-state index in [1.54, 1.807) is 11.8 Å². The SMILES string of the molecule is Cc1cc(OCc2nc(SCc3ccccc3)n[nH]2)ccc1Cl. The number of nitrogens with zero attached hydrogens (tertiary/aromatic N) is 2. The highest BCUT2D eigenvalue weighted by Gasteiger charge is 2.06. The Hall–Kier alpha value is -1.98. The van der Waals surface area contributed by atoms with Crippen LogP contribution in [0.1, 0.15) is 17.0 Å². The van der Waals surface area contributed by atoms with Crippen molar-refractivity contribution < 1.29 is 4.74 Å². The van der Waals surface area contributed by atoms with Crippen LogP contribution in [-0.4, -0.2) is 15.2 Å². The zero-order valence-electron chi connectivity index (χ0n) is 12.6. The van der Waals surface area contributed by atoms with Crippen LogP contribution in [0.2, 0.25) is 5.02 Å². The van der Waals surface area contributed by atoms with Gasteiger partial charge in [0.2, 0.25) is 5.16 Å². The van der Waals surface area contributed by atoms with Crippen molar-refractivity contribution in [3.63, 3.8) is 0 Å². The molecule has 1 heterocycles. The Morgan fingerprint density at radius 1 is 1.17 bits per heavy atom. The molecule has 2 aromatic carbocycles. The largest absolute Gasteiger partial charge is 0.486 e. The second-order valence-electron chi connectivity index (χ2n) is 5.04. The highest BCUT2D eigenvalue weighted by molar-refractivity contribution is 7.98. The van der Waals surface area contributed by atoms with E-state index < -0.39 is 0 Å². The van der Waals surface area contributed by atoms with Gasteiger partial charge >= 0.3 is 0 Å². The Morgan fingerprint density at radius 3 is 2.78 bits per heavy atom. The number of H-pyrrole nitrogens is 1. The standard InChI is InChI=1S/C17H16ClN3OS/c1-12-9-14(7-8-15(12)18)22-10-16-19-17(21-20-16)23-11-13-5-3-2-4-6-13/h2-9H,10-11H2,1H3,(H,19,20,21). The maximum atomic E-state index is 6.00. The summed E-state index contributed by atoms with van der Waals surface area (Å²) in [6.07, 6.45) is 0. The topological polar surface area (TPSA) is 50.8 Å². The number of halogens is 1. The first-order valence-corrected chi connectivity index (χ1v) is 8.54. The maximum Gasteiger partial charge on any atom is 0.208 e. The molecule has 118 valence electrons. The zero-order valence-corrected chi connectivity index (χ0v) is 14.2. The summed E-state index contributed by atoms with van der Waals surface area (Å²) in [6, 6.07) is 15.8. The van der Waals surface area contributed by atoms with E-state index in [0.717, 1.165) is 27.2 Å². The Bertz CT molecular complexity index is 777. The molecule has 0 radical (unpaired) electrons. The average molecular weight is 346 g/mol. The molecule has 0 saturated heterocycles. The van der Waals surface area contributed by atoms with Crippen LogP contribution in [0.3, 0.4) is 0 Å². The Balaban J connectivity index is 1.53. The monoisotopic (exact) mass is 345 g/mol. The highest BCUT2D eigenvalue weighted by Crippen LogP contribution is 2.22. The summed E-state index contributed by atoms with van der Waals surface area (Å²) in [5, 5.41) is 8.56. The molecule has 1 N–H and O–H groups in total. The predicted octanol–water partition coefficient (Wildman–Crippen LogP) is 4.64. The van der Waals surface area contributed by atoms with E-state index in [9.17, 15) is 0 Å². The van der Waals surface area contributed by atoms with Crippen LogP contribution in [0.15, 0.2) is 53.7 Å². The Kier molecular flexibility index (Phi) is 5.20. The first-order valence-electron chi connectivity index (χ1n) is 7.17. The first kappa shape index (κ1) is 15.9. The zero-order chi connectivity index (χ0) is 16.1. The van der Waals surface area contributed by atoms with Gasteiger partial charge in [-0.15, -0.1) is 5.10 Å². The lowest BCUT2D eigenvalue weighted by Crippen LogP contribution is -1.97. The molecular formula is C17H16ClN3OS. The van der Waals surface area contributed by atoms with E-state index in [-0.39, 0.29) is 0 Å². The molecule has 0 aliphatic carbocycles. The summed E-state index contributed by atoms with van der Waals surface area (Å²) in [5.41, 5.74) is 2.23. The van der Waals surface area contributed by atoms with Gasteiger partial charge in [0.05, 0.1) is 0 Å². The van der Waals surface area contributed by atoms with E-state index >= 15 is 0 Å². The van der Waals surface area contributed by atoms with Crippen LogP contribution in [0.4, 0.5) is 0 Å². The maximum absolute atomic E-state index is 6.00. The number of benzene rings is 2. The third kappa shape index (κ3) is 4.50. The summed E-state index contributed by atoms with van der Waals surface area (Å²) >= 11 is 7.59. The molecule has 3 aromatic rings. The lowest BCUT2D eigenvalue weighted by molar-refractivity contribution is 0.296. The van der Waals surface area contributed by atoms with Crippen LogP contribution in [-0.2, 0) is 12.4 Å². The van der Waals surface area contributed by atoms with Gasteiger partial charge in [0.1, 0.15) is 12.4 Å². The normalized spacial score (nSPS) is 10.7. The van der Waals surface area contributed by atoms with Crippen molar-refractivity contribution in [1.29, 1.82) is 0 Å². The van der Waals surface area contributed by atoms with Crippen molar-refractivity contribution in [3.8, 4) is 5.75 Å². The first-order chi connectivity index (χ1) is 11.2. The summed E-state index contributed by atoms with van der Waals surface area (Å²) in [7, 11) is 0. The molecule has 0 spiro atoms. The molecule has 1 aromatic heterocycles. The Labute approximate surface area is 144 Å². The van der Waals surface area contributed by atoms with Gasteiger partial charge in [-0.2, -0.15) is 0 Å². The smallest absolute Gasteiger partial charge is 0.208 e. The summed E-state index contributed by atoms with van der Waals surface area (Å²) in [4.78, 5) is 4.43. The van der Waals surface area contributed by atoms with Crippen LogP contribution in [0.25, 0.3) is 0 Å². The number of rotatable bonds is 6. The van der Waals surface area contributed by atoms with Crippen molar-refractivity contribution in [3.05, 3.63) is 70.5 Å². The molecule has 0 amide bonds. The molecule has 0 aliphatic heterocycles. The van der Waals surface area contributed by atoms with Gasteiger partial charge in [0.25, 0.3) is 0 Å². The summed E-state index contributed by atoms with van der Waals surface area (Å²) < 4.78 is 5.70. The van der Waals surface area contributed by atoms with Crippen molar-refractivity contribution in [2.24, 2.45) is 0 Å². The van der Waals surface area contributed by atoms with E-state index in [1.165, 1.54) is 5.56 Å². The predicted molar refractivity (Wildman–Crippen MR) is 92.9 cm³/mol. The molecule has 6 heteroatoms. The van der Waals surface area contributed by atoms with Crippen molar-refractivity contribution in [2.75, 3.05) is 0 Å². The number of hydrogen-bond acceptors (Lipinski definition) is 4. The third-order valence-electron chi connectivity index (χ3n) is 3.23. The van der Waals surface area contributed by atoms with E-state index in [2.05, 4.69) is 27.3 Å². The number of nitrogens with one attached hydrogen (secondary N) is 1. The molecule has 3 rings (SSSR count). The van der Waals surface area contributed by atoms with E-state index in [0.29, 0.717) is 12.4 Å². The molecule has 0 fully saturated rings. The second kappa shape index (κ2) is 7.53. The minimum absolute atomic E-state index is 0.347. The quantitative estimate of drug-likeness (QED) is 0.661. The molecule has 4 nitrogen and oxygen atoms in total. The van der Waals surface area contributed by atoms with Gasteiger partial charge in [0.15, 0.2) is 5.82 Å². The lowest BCUT2D eigenvalue weighted by Gasteiger charge is -2.05. The molecular weight excluding hydrogens is 330 g/mol. The summed E-state index contributed by atoms with van der Waals surface area (Å²) in [6.45, 7) is 2.29. The van der Waals surface area contributed by atoms with Gasteiger partial charge in [0, 0.05) is 10.8 Å². The molecule has 0 bridgehead atoms. The average Bonchev–Trinajstić information content (AvgIpc) is 3.03. The fraction of sp³-hybridized carbons (Fsp3) is 0.176. The number of hydrogen-bond donors (Lipinski definition) is 1. The fourth-order valence-corrected chi connectivity index (χ4v) is 2.88. The minimum Gasteiger partial charge on any atom is -0.486 e. The van der Waals surface area contributed by atoms with Gasteiger partial charge in [-0.1, -0.05) is 53.7 Å². The number of aromatic nitrogens is 3. The number of aromatic amines is 1. The Morgan fingerprint density at radius 2 is 2.00 bits per heavy atom. The van der Waals surface area contributed by atoms with Gasteiger partial charge in [-0.05, 0) is 36.2 Å². The lowest BCUT2D eigenvalue weighted by atomic mass is 10.2. The number of thioether (sulfide) groups is 1. The van der Waals surface area contributed by atoms with Gasteiger partial charge < -0.3 is 4.74 Å². The minimum atomic E-state index is 0.347. The third-order valence-corrected chi connectivity index (χ3v) is 4.57. The van der Waals surface area contributed by atoms with E-state index in [1.807, 2.05) is 43.3 Å². The van der Waals surface area contributed by atoms with Crippen LogP contribution in [0.5, 0.6) is 5.75 Å². The molecule has 23 heavy (non-hydrogen) atoms. The molecule has 0 unspecified atom stereocenters. The molecule has 0 atom stereocenters.